The minimum atomic E-state index is -1.17. The third-order valence-electron chi connectivity index (χ3n) is 3.77. The summed E-state index contributed by atoms with van der Waals surface area (Å²) in [4.78, 5) is 36.8. The van der Waals surface area contributed by atoms with Crippen LogP contribution in [0.15, 0.2) is 35.5 Å². The highest BCUT2D eigenvalue weighted by atomic mass is 32.2. The summed E-state index contributed by atoms with van der Waals surface area (Å²) in [6.07, 6.45) is 0. The first kappa shape index (κ1) is 15.5. The molecule has 0 aromatic heterocycles. The summed E-state index contributed by atoms with van der Waals surface area (Å²) in [6.45, 7) is 1.66. The van der Waals surface area contributed by atoms with Crippen LogP contribution in [0.4, 0.5) is 4.39 Å². The number of nitrogens with zero attached hydrogens (tertiary/aromatic N) is 1. The molecule has 1 fully saturated rings. The van der Waals surface area contributed by atoms with Crippen LogP contribution in [0.5, 0.6) is 0 Å². The molecule has 0 bridgehead atoms. The number of nitrogens with one attached hydrogen (secondary N) is 1. The highest BCUT2D eigenvalue weighted by Crippen LogP contribution is 2.40. The van der Waals surface area contributed by atoms with Gasteiger partial charge >= 0.3 is 5.97 Å². The molecule has 1 saturated heterocycles. The number of carboxylic acids is 1. The van der Waals surface area contributed by atoms with E-state index in [9.17, 15) is 23.9 Å². The molecule has 0 saturated carbocycles. The molecule has 120 valence electrons. The second-order valence-electron chi connectivity index (χ2n) is 5.27. The standard InChI is InChI=1S/C15H13FN2O4S/c1-7-6-23-14-10(13(20)18(14)11(7)15(21)22)17-12(19)8-4-2-3-5-9(8)16/h2-5,10,14H,6H2,1H3,(H,17,19)(H,21,22)/t10-,14-/m1/s1. The van der Waals surface area contributed by atoms with E-state index in [0.29, 0.717) is 11.3 Å². The van der Waals surface area contributed by atoms with Crippen molar-refractivity contribution in [1.29, 1.82) is 0 Å². The van der Waals surface area contributed by atoms with E-state index in [1.165, 1.54) is 34.9 Å². The monoisotopic (exact) mass is 336 g/mol. The molecule has 3 rings (SSSR count). The van der Waals surface area contributed by atoms with E-state index < -0.39 is 35.0 Å². The van der Waals surface area contributed by atoms with E-state index in [1.54, 1.807) is 6.92 Å². The Labute approximate surface area is 135 Å². The van der Waals surface area contributed by atoms with E-state index in [-0.39, 0.29) is 11.3 Å². The maximum atomic E-state index is 13.6. The largest absolute Gasteiger partial charge is 0.477 e. The molecule has 0 aliphatic carbocycles. The van der Waals surface area contributed by atoms with Crippen molar-refractivity contribution in [2.24, 2.45) is 0 Å². The van der Waals surface area contributed by atoms with Gasteiger partial charge in [-0.25, -0.2) is 9.18 Å². The van der Waals surface area contributed by atoms with Crippen molar-refractivity contribution >= 4 is 29.5 Å². The van der Waals surface area contributed by atoms with Gasteiger partial charge in [-0.1, -0.05) is 12.1 Å². The molecule has 2 N–H and O–H groups in total. The van der Waals surface area contributed by atoms with E-state index in [4.69, 9.17) is 0 Å². The third kappa shape index (κ3) is 2.48. The summed E-state index contributed by atoms with van der Waals surface area (Å²) in [6, 6.07) is 4.62. The van der Waals surface area contributed by atoms with Crippen LogP contribution in [0.25, 0.3) is 0 Å². The molecule has 8 heteroatoms. The number of amides is 2. The lowest BCUT2D eigenvalue weighted by Crippen LogP contribution is -2.70. The van der Waals surface area contributed by atoms with E-state index in [2.05, 4.69) is 5.32 Å². The Bertz CT molecular complexity index is 749. The van der Waals surface area contributed by atoms with Gasteiger partial charge in [0.2, 0.25) is 0 Å². The van der Waals surface area contributed by atoms with Crippen molar-refractivity contribution in [3.05, 3.63) is 46.9 Å². The molecule has 2 aliphatic heterocycles. The van der Waals surface area contributed by atoms with Gasteiger partial charge in [-0.2, -0.15) is 0 Å². The molecule has 2 amide bonds. The van der Waals surface area contributed by atoms with E-state index in [1.807, 2.05) is 0 Å². The fourth-order valence-electron chi connectivity index (χ4n) is 2.64. The Balaban J connectivity index is 1.78. The lowest BCUT2D eigenvalue weighted by molar-refractivity contribution is -0.148. The van der Waals surface area contributed by atoms with Crippen LogP contribution >= 0.6 is 11.8 Å². The van der Waals surface area contributed by atoms with Crippen LogP contribution in [0.3, 0.4) is 0 Å². The molecule has 0 spiro atoms. The number of hydrogen-bond donors (Lipinski definition) is 2. The lowest BCUT2D eigenvalue weighted by atomic mass is 10.0. The van der Waals surface area contributed by atoms with Crippen molar-refractivity contribution in [2.45, 2.75) is 18.3 Å². The summed E-state index contributed by atoms with van der Waals surface area (Å²) in [7, 11) is 0. The zero-order valence-electron chi connectivity index (χ0n) is 12.1. The Kier molecular flexibility index (Phi) is 3.85. The highest BCUT2D eigenvalue weighted by molar-refractivity contribution is 8.00. The number of carboxylic acid groups (broad SMARTS) is 1. The molecule has 1 aromatic rings. The Morgan fingerprint density at radius 3 is 2.74 bits per heavy atom. The molecule has 2 atom stereocenters. The van der Waals surface area contributed by atoms with Gasteiger partial charge in [-0.05, 0) is 24.6 Å². The number of fused-ring (bicyclic) bond motifs is 1. The van der Waals surface area contributed by atoms with Crippen molar-refractivity contribution in [3.8, 4) is 0 Å². The highest BCUT2D eigenvalue weighted by Gasteiger charge is 2.53. The fraction of sp³-hybridized carbons (Fsp3) is 0.267. The quantitative estimate of drug-likeness (QED) is 0.810. The zero-order valence-corrected chi connectivity index (χ0v) is 12.9. The summed E-state index contributed by atoms with van der Waals surface area (Å²) in [5.74, 6) is -2.57. The minimum Gasteiger partial charge on any atom is -0.477 e. The van der Waals surface area contributed by atoms with Gasteiger partial charge in [0.25, 0.3) is 11.8 Å². The van der Waals surface area contributed by atoms with Gasteiger partial charge in [0.15, 0.2) is 0 Å². The van der Waals surface area contributed by atoms with E-state index in [0.717, 1.165) is 6.07 Å². The number of benzene rings is 1. The number of aliphatic carboxylic acids is 1. The Hall–Kier alpha value is -2.35. The predicted molar refractivity (Wildman–Crippen MR) is 81.1 cm³/mol. The molecule has 0 unspecified atom stereocenters. The maximum absolute atomic E-state index is 13.6. The zero-order chi connectivity index (χ0) is 16.7. The fourth-order valence-corrected chi connectivity index (χ4v) is 3.93. The summed E-state index contributed by atoms with van der Waals surface area (Å²) in [5.41, 5.74) is 0.422. The third-order valence-corrected chi connectivity index (χ3v) is 5.19. The normalized spacial score (nSPS) is 23.2. The average molecular weight is 336 g/mol. The minimum absolute atomic E-state index is 0.0323. The number of β-lactam (4-membered cyclic amide) rings is 1. The number of carbonyl (C=O) groups is 3. The predicted octanol–water partition coefficient (Wildman–Crippen LogP) is 1.20. The van der Waals surface area contributed by atoms with Crippen molar-refractivity contribution in [3.63, 3.8) is 0 Å². The van der Waals surface area contributed by atoms with Gasteiger partial charge < -0.3 is 10.4 Å². The van der Waals surface area contributed by atoms with Gasteiger partial charge in [-0.3, -0.25) is 14.5 Å². The molecular formula is C15H13FN2O4S. The topological polar surface area (TPSA) is 86.7 Å². The first-order valence-electron chi connectivity index (χ1n) is 6.85. The van der Waals surface area contributed by atoms with Gasteiger partial charge in [0.05, 0.1) is 5.56 Å². The molecule has 23 heavy (non-hydrogen) atoms. The SMILES string of the molecule is CC1=C(C(=O)O)N2C(=O)[C@@H](NC(=O)c3ccccc3F)[C@H]2SC1. The number of halogens is 1. The van der Waals surface area contributed by atoms with Crippen LogP contribution in [0, 0.1) is 5.82 Å². The second kappa shape index (κ2) is 5.69. The van der Waals surface area contributed by atoms with Crippen molar-refractivity contribution in [2.75, 3.05) is 5.75 Å². The number of rotatable bonds is 3. The van der Waals surface area contributed by atoms with Crippen LogP contribution in [0.1, 0.15) is 17.3 Å². The summed E-state index contributed by atoms with van der Waals surface area (Å²) >= 11 is 1.37. The Morgan fingerprint density at radius 1 is 1.39 bits per heavy atom. The lowest BCUT2D eigenvalue weighted by Gasteiger charge is -2.49. The van der Waals surface area contributed by atoms with Crippen LogP contribution in [-0.2, 0) is 9.59 Å². The number of hydrogen-bond acceptors (Lipinski definition) is 4. The van der Waals surface area contributed by atoms with Crippen LogP contribution in [0.2, 0.25) is 0 Å². The first-order valence-corrected chi connectivity index (χ1v) is 7.90. The number of thioether (sulfide) groups is 1. The maximum Gasteiger partial charge on any atom is 0.352 e. The molecule has 2 aliphatic rings. The first-order chi connectivity index (χ1) is 10.9. The number of carbonyl (C=O) groups excluding carboxylic acids is 2. The smallest absolute Gasteiger partial charge is 0.352 e. The molecule has 6 nitrogen and oxygen atoms in total. The van der Waals surface area contributed by atoms with Gasteiger partial charge in [0, 0.05) is 5.75 Å². The summed E-state index contributed by atoms with van der Waals surface area (Å²) < 4.78 is 13.6. The average Bonchev–Trinajstić information content (AvgIpc) is 2.52. The Morgan fingerprint density at radius 2 is 2.09 bits per heavy atom. The van der Waals surface area contributed by atoms with E-state index >= 15 is 0 Å². The second-order valence-corrected chi connectivity index (χ2v) is 6.38. The summed E-state index contributed by atoms with van der Waals surface area (Å²) in [5, 5.41) is 11.2. The van der Waals surface area contributed by atoms with Gasteiger partial charge in [-0.15, -0.1) is 11.8 Å². The molecular weight excluding hydrogens is 323 g/mol. The molecule has 1 aromatic carbocycles. The van der Waals surface area contributed by atoms with Crippen LogP contribution < -0.4 is 5.32 Å². The molecule has 0 radical (unpaired) electrons. The van der Waals surface area contributed by atoms with Crippen molar-refractivity contribution in [1.82, 2.24) is 10.2 Å². The van der Waals surface area contributed by atoms with Gasteiger partial charge in [0.1, 0.15) is 22.9 Å². The molecule has 2 heterocycles. The van der Waals surface area contributed by atoms with Crippen molar-refractivity contribution < 1.29 is 23.9 Å². The van der Waals surface area contributed by atoms with Crippen LogP contribution in [-0.4, -0.2) is 45.0 Å².